The Labute approximate surface area is 125 Å². The van der Waals surface area contributed by atoms with E-state index in [-0.39, 0.29) is 12.5 Å². The molecule has 0 radical (unpaired) electrons. The number of nitrogens with zero attached hydrogens (tertiary/aromatic N) is 1. The minimum Gasteiger partial charge on any atom is -0.497 e. The molecule has 1 fully saturated rings. The van der Waals surface area contributed by atoms with Crippen LogP contribution in [0, 0.1) is 5.92 Å². The molecule has 1 aliphatic carbocycles. The Morgan fingerprint density at radius 2 is 2.14 bits per heavy atom. The van der Waals surface area contributed by atoms with Crippen molar-refractivity contribution in [2.45, 2.75) is 32.6 Å². The van der Waals surface area contributed by atoms with Gasteiger partial charge >= 0.3 is 0 Å². The van der Waals surface area contributed by atoms with E-state index in [1.165, 1.54) is 0 Å². The lowest BCUT2D eigenvalue weighted by atomic mass is 9.90. The molecule has 5 nitrogen and oxygen atoms in total. The van der Waals surface area contributed by atoms with Gasteiger partial charge in [-0.2, -0.15) is 5.10 Å². The first-order valence-corrected chi connectivity index (χ1v) is 7.39. The molecule has 5 heteroatoms. The molecule has 0 saturated heterocycles. The van der Waals surface area contributed by atoms with Crippen LogP contribution in [0.2, 0.25) is 0 Å². The van der Waals surface area contributed by atoms with Crippen LogP contribution >= 0.6 is 0 Å². The molecule has 1 aliphatic rings. The maximum Gasteiger partial charge on any atom is 0.259 e. The van der Waals surface area contributed by atoms with Gasteiger partial charge in [-0.05, 0) is 43.7 Å². The van der Waals surface area contributed by atoms with Gasteiger partial charge in [-0.3, -0.25) is 4.79 Å². The zero-order valence-corrected chi connectivity index (χ0v) is 12.7. The molecular formula is C16H23N3O2. The highest BCUT2D eigenvalue weighted by Gasteiger charge is 2.13. The van der Waals surface area contributed by atoms with Crippen molar-refractivity contribution in [2.75, 3.05) is 19.0 Å². The summed E-state index contributed by atoms with van der Waals surface area (Å²) in [4.78, 5) is 11.8. The number of benzene rings is 1. The molecule has 21 heavy (non-hydrogen) atoms. The normalized spacial score (nSPS) is 18.0. The second-order valence-electron chi connectivity index (χ2n) is 5.48. The Bertz CT molecular complexity index is 504. The van der Waals surface area contributed by atoms with Crippen LogP contribution in [0.1, 0.15) is 32.6 Å². The van der Waals surface area contributed by atoms with E-state index in [2.05, 4.69) is 22.8 Å². The van der Waals surface area contributed by atoms with Crippen molar-refractivity contribution in [2.24, 2.45) is 11.0 Å². The monoisotopic (exact) mass is 289 g/mol. The van der Waals surface area contributed by atoms with Gasteiger partial charge in [-0.25, -0.2) is 5.43 Å². The molecule has 114 valence electrons. The number of anilines is 1. The SMILES string of the molecule is COc1cccc(NCC(=O)NN=C2CCC(C)CC2)c1. The van der Waals surface area contributed by atoms with E-state index in [4.69, 9.17) is 4.74 Å². The fourth-order valence-electron chi connectivity index (χ4n) is 2.30. The lowest BCUT2D eigenvalue weighted by molar-refractivity contribution is -0.119. The van der Waals surface area contributed by atoms with Crippen LogP contribution in [0.15, 0.2) is 29.4 Å². The van der Waals surface area contributed by atoms with Crippen LogP contribution in [0.4, 0.5) is 5.69 Å². The fourth-order valence-corrected chi connectivity index (χ4v) is 2.30. The third-order valence-corrected chi connectivity index (χ3v) is 3.71. The van der Waals surface area contributed by atoms with Crippen LogP contribution in [-0.4, -0.2) is 25.3 Å². The Morgan fingerprint density at radius 1 is 1.38 bits per heavy atom. The summed E-state index contributed by atoms with van der Waals surface area (Å²) in [6.45, 7) is 2.45. The molecule has 0 unspecified atom stereocenters. The second kappa shape index (κ2) is 7.67. The molecule has 2 rings (SSSR count). The molecule has 0 heterocycles. The predicted octanol–water partition coefficient (Wildman–Crippen LogP) is 2.79. The van der Waals surface area contributed by atoms with E-state index >= 15 is 0 Å². The largest absolute Gasteiger partial charge is 0.497 e. The predicted molar refractivity (Wildman–Crippen MR) is 84.7 cm³/mol. The summed E-state index contributed by atoms with van der Waals surface area (Å²) in [5, 5.41) is 7.27. The quantitative estimate of drug-likeness (QED) is 0.819. The maximum atomic E-state index is 11.8. The fraction of sp³-hybridized carbons (Fsp3) is 0.500. The number of amides is 1. The van der Waals surface area contributed by atoms with Gasteiger partial charge in [0.05, 0.1) is 13.7 Å². The molecular weight excluding hydrogens is 266 g/mol. The number of carbonyl (C=O) groups excluding carboxylic acids is 1. The first-order chi connectivity index (χ1) is 10.2. The third kappa shape index (κ3) is 5.10. The van der Waals surface area contributed by atoms with E-state index in [9.17, 15) is 4.79 Å². The summed E-state index contributed by atoms with van der Waals surface area (Å²) in [5.41, 5.74) is 4.57. The number of carbonyl (C=O) groups is 1. The van der Waals surface area contributed by atoms with E-state index in [1.807, 2.05) is 24.3 Å². The molecule has 1 saturated carbocycles. The van der Waals surface area contributed by atoms with Gasteiger partial charge in [0.1, 0.15) is 5.75 Å². The van der Waals surface area contributed by atoms with Crippen LogP contribution in [0.5, 0.6) is 5.75 Å². The number of nitrogens with one attached hydrogen (secondary N) is 2. The van der Waals surface area contributed by atoms with Crippen LogP contribution in [0.25, 0.3) is 0 Å². The number of hydrazone groups is 1. The van der Waals surface area contributed by atoms with Gasteiger partial charge in [-0.1, -0.05) is 13.0 Å². The maximum absolute atomic E-state index is 11.8. The van der Waals surface area contributed by atoms with Crippen molar-refractivity contribution in [3.63, 3.8) is 0 Å². The van der Waals surface area contributed by atoms with Crippen LogP contribution < -0.4 is 15.5 Å². The Kier molecular flexibility index (Phi) is 5.60. The summed E-state index contributed by atoms with van der Waals surface area (Å²) < 4.78 is 5.13. The zero-order chi connectivity index (χ0) is 15.1. The molecule has 1 amide bonds. The van der Waals surface area contributed by atoms with Gasteiger partial charge in [0.15, 0.2) is 0 Å². The molecule has 0 atom stereocenters. The molecule has 0 spiro atoms. The summed E-state index contributed by atoms with van der Waals surface area (Å²) in [6.07, 6.45) is 4.31. The summed E-state index contributed by atoms with van der Waals surface area (Å²) in [7, 11) is 1.62. The standard InChI is InChI=1S/C16H23N3O2/c1-12-6-8-13(9-7-12)18-19-16(20)11-17-14-4-3-5-15(10-14)21-2/h3-5,10,12,17H,6-9,11H2,1-2H3,(H,19,20). The van der Waals surface area contributed by atoms with E-state index < -0.39 is 0 Å². The van der Waals surface area contributed by atoms with Gasteiger partial charge in [0.2, 0.25) is 0 Å². The van der Waals surface area contributed by atoms with E-state index in [0.29, 0.717) is 0 Å². The Morgan fingerprint density at radius 3 is 2.86 bits per heavy atom. The number of hydrogen-bond acceptors (Lipinski definition) is 4. The number of hydrogen-bond donors (Lipinski definition) is 2. The van der Waals surface area contributed by atoms with Gasteiger partial charge in [-0.15, -0.1) is 0 Å². The van der Waals surface area contributed by atoms with Crippen molar-refractivity contribution in [1.29, 1.82) is 0 Å². The second-order valence-corrected chi connectivity index (χ2v) is 5.48. The molecule has 0 bridgehead atoms. The topological polar surface area (TPSA) is 62.7 Å². The number of rotatable bonds is 5. The van der Waals surface area contributed by atoms with Gasteiger partial charge in [0, 0.05) is 17.5 Å². The van der Waals surface area contributed by atoms with Crippen molar-refractivity contribution >= 4 is 17.3 Å². The minimum atomic E-state index is -0.135. The lowest BCUT2D eigenvalue weighted by Gasteiger charge is -2.18. The van der Waals surface area contributed by atoms with Gasteiger partial charge < -0.3 is 10.1 Å². The average Bonchev–Trinajstić information content (AvgIpc) is 2.52. The third-order valence-electron chi connectivity index (χ3n) is 3.71. The first kappa shape index (κ1) is 15.4. The summed E-state index contributed by atoms with van der Waals surface area (Å²) in [5.74, 6) is 1.40. The molecule has 0 aromatic heterocycles. The highest BCUT2D eigenvalue weighted by atomic mass is 16.5. The van der Waals surface area contributed by atoms with E-state index in [1.54, 1.807) is 7.11 Å². The smallest absolute Gasteiger partial charge is 0.259 e. The number of ether oxygens (including phenoxy) is 1. The lowest BCUT2D eigenvalue weighted by Crippen LogP contribution is -2.27. The highest BCUT2D eigenvalue weighted by Crippen LogP contribution is 2.21. The van der Waals surface area contributed by atoms with Crippen molar-refractivity contribution < 1.29 is 9.53 Å². The minimum absolute atomic E-state index is 0.135. The Balaban J connectivity index is 1.75. The zero-order valence-electron chi connectivity index (χ0n) is 12.7. The van der Waals surface area contributed by atoms with E-state index in [0.717, 1.165) is 48.7 Å². The van der Waals surface area contributed by atoms with Crippen LogP contribution in [0.3, 0.4) is 0 Å². The van der Waals surface area contributed by atoms with Crippen LogP contribution in [-0.2, 0) is 4.79 Å². The van der Waals surface area contributed by atoms with Gasteiger partial charge in [0.25, 0.3) is 5.91 Å². The van der Waals surface area contributed by atoms with Crippen molar-refractivity contribution in [3.8, 4) is 5.75 Å². The molecule has 1 aromatic rings. The molecule has 2 N–H and O–H groups in total. The Hall–Kier alpha value is -2.04. The summed E-state index contributed by atoms with van der Waals surface area (Å²) >= 11 is 0. The number of methoxy groups -OCH3 is 1. The summed E-state index contributed by atoms with van der Waals surface area (Å²) in [6, 6.07) is 7.48. The van der Waals surface area contributed by atoms with Crippen molar-refractivity contribution in [1.82, 2.24) is 5.43 Å². The average molecular weight is 289 g/mol. The first-order valence-electron chi connectivity index (χ1n) is 7.39. The molecule has 0 aliphatic heterocycles. The molecule has 1 aromatic carbocycles. The highest BCUT2D eigenvalue weighted by molar-refractivity contribution is 5.87. The van der Waals surface area contributed by atoms with Crippen molar-refractivity contribution in [3.05, 3.63) is 24.3 Å².